The van der Waals surface area contributed by atoms with Crippen molar-refractivity contribution in [3.05, 3.63) is 16.7 Å². The summed E-state index contributed by atoms with van der Waals surface area (Å²) in [5.74, 6) is -0.187. The number of aromatic amines is 1. The zero-order chi connectivity index (χ0) is 18.5. The van der Waals surface area contributed by atoms with Crippen LogP contribution in [0.1, 0.15) is 6.23 Å². The van der Waals surface area contributed by atoms with E-state index in [1.54, 1.807) is 0 Å². The minimum Gasteiger partial charge on any atom is -0.387 e. The molecule has 1 fully saturated rings. The molecule has 138 valence electrons. The maximum atomic E-state index is 14.5. The molecule has 0 aromatic carbocycles. The van der Waals surface area contributed by atoms with Crippen LogP contribution in [0, 0.1) is 0 Å². The van der Waals surface area contributed by atoms with Gasteiger partial charge >= 0.3 is 13.4 Å². The smallest absolute Gasteiger partial charge is 0.387 e. The number of nitrogen functional groups attached to an aromatic ring is 1. The first-order valence-corrected chi connectivity index (χ1v) is 8.55. The lowest BCUT2D eigenvalue weighted by atomic mass is 10.1. The molecule has 2 aromatic rings. The SMILES string of the molecule is C[n+]1cn([C@@H]2O[C@H](COP(=O)(O)O)C(O)[C@H]2F)c2nc(N)[nH]c(=O)c21. The average molecular weight is 380 g/mol. The Morgan fingerprint density at radius 3 is 2.92 bits per heavy atom. The summed E-state index contributed by atoms with van der Waals surface area (Å²) < 4.78 is 37.4. The van der Waals surface area contributed by atoms with Crippen molar-refractivity contribution < 1.29 is 37.7 Å². The minimum absolute atomic E-state index is 0.0279. The number of ether oxygens (including phenoxy) is 1. The lowest BCUT2D eigenvalue weighted by Gasteiger charge is -2.13. The van der Waals surface area contributed by atoms with Gasteiger partial charge in [0.05, 0.1) is 13.7 Å². The van der Waals surface area contributed by atoms with E-state index in [9.17, 15) is 18.9 Å². The Morgan fingerprint density at radius 1 is 1.60 bits per heavy atom. The van der Waals surface area contributed by atoms with Crippen molar-refractivity contribution in [2.45, 2.75) is 24.6 Å². The van der Waals surface area contributed by atoms with Crippen molar-refractivity contribution in [2.24, 2.45) is 7.05 Å². The van der Waals surface area contributed by atoms with Gasteiger partial charge in [-0.2, -0.15) is 9.55 Å². The third-order valence-electron chi connectivity index (χ3n) is 3.76. The Hall–Kier alpha value is -1.89. The number of alkyl halides is 1. The number of rotatable bonds is 4. The van der Waals surface area contributed by atoms with Gasteiger partial charge in [0.15, 0.2) is 6.17 Å². The van der Waals surface area contributed by atoms with E-state index in [1.807, 2.05) is 0 Å². The summed E-state index contributed by atoms with van der Waals surface area (Å²) in [5, 5.41) is 9.91. The molecule has 4 atom stereocenters. The van der Waals surface area contributed by atoms with Crippen molar-refractivity contribution in [2.75, 3.05) is 12.3 Å². The van der Waals surface area contributed by atoms with Crippen LogP contribution >= 0.6 is 7.82 Å². The van der Waals surface area contributed by atoms with Crippen LogP contribution in [0.5, 0.6) is 0 Å². The Bertz CT molecular complexity index is 910. The van der Waals surface area contributed by atoms with Gasteiger partial charge in [-0.25, -0.2) is 13.5 Å². The van der Waals surface area contributed by atoms with E-state index in [0.717, 1.165) is 0 Å². The van der Waals surface area contributed by atoms with E-state index >= 15 is 0 Å². The predicted octanol–water partition coefficient (Wildman–Crippen LogP) is -2.16. The van der Waals surface area contributed by atoms with Gasteiger partial charge in [-0.3, -0.25) is 14.3 Å². The van der Waals surface area contributed by atoms with Crippen LogP contribution in [0.25, 0.3) is 11.2 Å². The number of H-pyrrole nitrogens is 1. The molecule has 0 bridgehead atoms. The number of nitrogens with zero attached hydrogens (tertiary/aromatic N) is 3. The van der Waals surface area contributed by atoms with Crippen LogP contribution in [0.3, 0.4) is 0 Å². The van der Waals surface area contributed by atoms with Crippen LogP contribution < -0.4 is 15.9 Å². The fraction of sp³-hybridized carbons (Fsp3) is 0.545. The molecule has 12 nitrogen and oxygen atoms in total. The van der Waals surface area contributed by atoms with Crippen molar-refractivity contribution >= 4 is 24.9 Å². The van der Waals surface area contributed by atoms with Gasteiger partial charge in [-0.05, 0) is 0 Å². The number of anilines is 1. The number of hydrogen-bond acceptors (Lipinski definition) is 7. The van der Waals surface area contributed by atoms with Gasteiger partial charge in [0.2, 0.25) is 18.5 Å². The molecule has 1 unspecified atom stereocenters. The third kappa shape index (κ3) is 3.29. The van der Waals surface area contributed by atoms with E-state index in [4.69, 9.17) is 20.3 Å². The van der Waals surface area contributed by atoms with Gasteiger partial charge < -0.3 is 25.4 Å². The lowest BCUT2D eigenvalue weighted by Crippen LogP contribution is -2.32. The molecule has 6 N–H and O–H groups in total. The molecule has 1 aliphatic rings. The summed E-state index contributed by atoms with van der Waals surface area (Å²) in [6, 6.07) is 0. The molecule has 0 aliphatic carbocycles. The number of nitrogens with one attached hydrogen (secondary N) is 1. The first kappa shape index (κ1) is 17.9. The van der Waals surface area contributed by atoms with Crippen LogP contribution in [0.2, 0.25) is 0 Å². The van der Waals surface area contributed by atoms with Crippen molar-refractivity contribution in [1.29, 1.82) is 0 Å². The number of hydrogen-bond donors (Lipinski definition) is 5. The molecule has 3 rings (SSSR count). The fourth-order valence-electron chi connectivity index (χ4n) is 2.69. The van der Waals surface area contributed by atoms with Gasteiger partial charge in [0.25, 0.3) is 11.2 Å². The van der Waals surface area contributed by atoms with Gasteiger partial charge in [0.1, 0.15) is 12.2 Å². The van der Waals surface area contributed by atoms with Crippen molar-refractivity contribution in [3.63, 3.8) is 0 Å². The molecule has 25 heavy (non-hydrogen) atoms. The lowest BCUT2D eigenvalue weighted by molar-refractivity contribution is -0.646. The molecule has 0 saturated carbocycles. The average Bonchev–Trinajstić information content (AvgIpc) is 2.95. The van der Waals surface area contributed by atoms with Crippen LogP contribution in [-0.4, -0.2) is 54.4 Å². The second kappa shape index (κ2) is 6.12. The van der Waals surface area contributed by atoms with Crippen molar-refractivity contribution in [3.8, 4) is 0 Å². The highest BCUT2D eigenvalue weighted by molar-refractivity contribution is 7.46. The Morgan fingerprint density at radius 2 is 2.28 bits per heavy atom. The molecule has 14 heteroatoms. The quantitative estimate of drug-likeness (QED) is 0.292. The van der Waals surface area contributed by atoms with Crippen molar-refractivity contribution in [1.82, 2.24) is 14.5 Å². The van der Waals surface area contributed by atoms with Gasteiger partial charge in [0, 0.05) is 0 Å². The molecule has 1 saturated heterocycles. The van der Waals surface area contributed by atoms with E-state index in [-0.39, 0.29) is 17.1 Å². The minimum atomic E-state index is -4.80. The highest BCUT2D eigenvalue weighted by atomic mass is 31.2. The second-order valence-corrected chi connectivity index (χ2v) is 6.78. The third-order valence-corrected chi connectivity index (χ3v) is 4.25. The summed E-state index contributed by atoms with van der Waals surface area (Å²) in [6.07, 6.45) is -5.03. The van der Waals surface area contributed by atoms with E-state index in [1.165, 1.54) is 22.5 Å². The standard InChI is InChI=1S/C11H15FN5O7P/c1-16-3-17(8-6(16)9(19)15-11(13)14-8)10-5(12)7(18)4(24-10)2-23-25(20,21)22/h3-5,7,10,18H,2H2,1H3,(H4-,13,14,15,19,20,21,22)/p+1/t4-,5-,7?,10-/m1/s1. The Balaban J connectivity index is 1.96. The molecule has 0 radical (unpaired) electrons. The normalized spacial score (nSPS) is 27.2. The van der Waals surface area contributed by atoms with Crippen LogP contribution in [-0.2, 0) is 20.9 Å². The molecule has 0 amide bonds. The first-order valence-electron chi connectivity index (χ1n) is 7.02. The number of fused-ring (bicyclic) bond motifs is 1. The molecule has 2 aromatic heterocycles. The highest BCUT2D eigenvalue weighted by Gasteiger charge is 2.49. The first-order chi connectivity index (χ1) is 11.6. The maximum Gasteiger partial charge on any atom is 0.469 e. The zero-order valence-electron chi connectivity index (χ0n) is 12.8. The summed E-state index contributed by atoms with van der Waals surface area (Å²) in [6.45, 7) is -0.718. The number of nitrogens with two attached hydrogens (primary N) is 1. The second-order valence-electron chi connectivity index (χ2n) is 5.54. The molecule has 3 heterocycles. The number of aliphatic hydroxyl groups is 1. The molecule has 1 aliphatic heterocycles. The van der Waals surface area contributed by atoms with Gasteiger partial charge in [-0.15, -0.1) is 0 Å². The monoisotopic (exact) mass is 380 g/mol. The summed E-state index contributed by atoms with van der Waals surface area (Å²) in [7, 11) is -3.28. The number of aliphatic hydroxyl groups excluding tert-OH is 1. The Labute approximate surface area is 138 Å². The van der Waals surface area contributed by atoms with Gasteiger partial charge in [-0.1, -0.05) is 0 Å². The zero-order valence-corrected chi connectivity index (χ0v) is 13.7. The van der Waals surface area contributed by atoms with E-state index in [0.29, 0.717) is 0 Å². The number of phosphoric ester groups is 1. The van der Waals surface area contributed by atoms with Crippen LogP contribution in [0.4, 0.5) is 10.3 Å². The largest absolute Gasteiger partial charge is 0.469 e. The number of imidazole rings is 1. The van der Waals surface area contributed by atoms with E-state index < -0.39 is 44.6 Å². The number of aryl methyl sites for hydroxylation is 1. The highest BCUT2D eigenvalue weighted by Crippen LogP contribution is 2.39. The number of halogens is 1. The molecular formula is C11H16FN5O7P+. The summed E-state index contributed by atoms with van der Waals surface area (Å²) in [4.78, 5) is 35.6. The molecular weight excluding hydrogens is 364 g/mol. The summed E-state index contributed by atoms with van der Waals surface area (Å²) in [5.41, 5.74) is 5.10. The number of phosphoric acid groups is 1. The van der Waals surface area contributed by atoms with E-state index in [2.05, 4.69) is 14.5 Å². The molecule has 0 spiro atoms. The fourth-order valence-corrected chi connectivity index (χ4v) is 3.03. The summed E-state index contributed by atoms with van der Waals surface area (Å²) >= 11 is 0. The Kier molecular flexibility index (Phi) is 4.39. The maximum absolute atomic E-state index is 14.5. The number of aromatic nitrogens is 4. The van der Waals surface area contributed by atoms with Crippen LogP contribution in [0.15, 0.2) is 11.1 Å². The predicted molar refractivity (Wildman–Crippen MR) is 78.8 cm³/mol. The topological polar surface area (TPSA) is 177 Å².